The predicted octanol–water partition coefficient (Wildman–Crippen LogP) is 6.43. The molecule has 0 radical (unpaired) electrons. The smallest absolute Gasteiger partial charge is 0.250 e. The number of anilines is 1. The lowest BCUT2D eigenvalue weighted by Gasteiger charge is -2.24. The van der Waals surface area contributed by atoms with Gasteiger partial charge >= 0.3 is 0 Å². The molecule has 0 atom stereocenters. The number of hydrogen-bond acceptors (Lipinski definition) is 4. The van der Waals surface area contributed by atoms with Gasteiger partial charge < -0.3 is 11.1 Å². The van der Waals surface area contributed by atoms with Gasteiger partial charge in [-0.25, -0.2) is 0 Å². The van der Waals surface area contributed by atoms with Crippen LogP contribution in [0.2, 0.25) is 0 Å². The maximum atomic E-state index is 12.0. The van der Waals surface area contributed by atoms with Gasteiger partial charge in [0.05, 0.1) is 16.8 Å². The summed E-state index contributed by atoms with van der Waals surface area (Å²) in [6.45, 7) is 6.14. The minimum Gasteiger partial charge on any atom is -0.380 e. The lowest BCUT2D eigenvalue weighted by Crippen LogP contribution is -2.28. The lowest BCUT2D eigenvalue weighted by atomic mass is 9.95. The van der Waals surface area contributed by atoms with Gasteiger partial charge in [-0.05, 0) is 62.1 Å². The molecule has 0 unspecified atom stereocenters. The van der Waals surface area contributed by atoms with Crippen LogP contribution in [0.4, 0.5) is 5.69 Å². The topological polar surface area (TPSA) is 80.9 Å². The fourth-order valence-corrected chi connectivity index (χ4v) is 4.32. The molecule has 5 aromatic rings. The van der Waals surface area contributed by atoms with E-state index in [1.165, 1.54) is 0 Å². The van der Waals surface area contributed by atoms with Crippen molar-refractivity contribution in [2.24, 2.45) is 5.73 Å². The number of nitrogens with one attached hydrogen (secondary N) is 1. The number of amides is 1. The molecular weight excluding hydrogens is 420 g/mol. The Labute approximate surface area is 198 Å². The summed E-state index contributed by atoms with van der Waals surface area (Å²) in [6.07, 6.45) is 3.75. The molecular formula is C29H26N4O. The zero-order valence-corrected chi connectivity index (χ0v) is 19.5. The first-order valence-corrected chi connectivity index (χ1v) is 11.3. The number of aromatic nitrogens is 2. The molecule has 0 spiro atoms. The summed E-state index contributed by atoms with van der Waals surface area (Å²) in [5, 5.41) is 6.63. The van der Waals surface area contributed by atoms with Crippen LogP contribution in [0.15, 0.2) is 85.2 Å². The predicted molar refractivity (Wildman–Crippen MR) is 140 cm³/mol. The molecule has 3 aromatic carbocycles. The SMILES string of the molecule is CC(C)(C)Nc1cc(-c2nccc3c(-c4cnc5ccccc5c4)cccc23)ccc1C(N)=O. The van der Waals surface area contributed by atoms with Crippen molar-refractivity contribution in [1.82, 2.24) is 9.97 Å². The average molecular weight is 447 g/mol. The third-order valence-corrected chi connectivity index (χ3v) is 5.78. The van der Waals surface area contributed by atoms with Crippen molar-refractivity contribution in [3.05, 3.63) is 90.8 Å². The van der Waals surface area contributed by atoms with Crippen LogP contribution in [-0.4, -0.2) is 21.4 Å². The fourth-order valence-electron chi connectivity index (χ4n) is 4.32. The molecule has 2 aromatic heterocycles. The second-order valence-electron chi connectivity index (χ2n) is 9.48. The highest BCUT2D eigenvalue weighted by atomic mass is 16.1. The minimum absolute atomic E-state index is 0.231. The van der Waals surface area contributed by atoms with E-state index < -0.39 is 5.91 Å². The van der Waals surface area contributed by atoms with Gasteiger partial charge in [-0.15, -0.1) is 0 Å². The molecule has 5 nitrogen and oxygen atoms in total. The molecule has 5 heteroatoms. The number of rotatable bonds is 4. The minimum atomic E-state index is -0.463. The molecule has 0 aliphatic heterocycles. The zero-order valence-electron chi connectivity index (χ0n) is 19.5. The number of nitrogens with zero attached hydrogens (tertiary/aromatic N) is 2. The number of primary amides is 1. The average Bonchev–Trinajstić information content (AvgIpc) is 2.81. The van der Waals surface area contributed by atoms with Gasteiger partial charge in [0, 0.05) is 45.5 Å². The second-order valence-corrected chi connectivity index (χ2v) is 9.48. The lowest BCUT2D eigenvalue weighted by molar-refractivity contribution is 0.100. The van der Waals surface area contributed by atoms with Crippen LogP contribution < -0.4 is 11.1 Å². The summed E-state index contributed by atoms with van der Waals surface area (Å²) >= 11 is 0. The monoisotopic (exact) mass is 446 g/mol. The maximum absolute atomic E-state index is 12.0. The van der Waals surface area contributed by atoms with Crippen LogP contribution in [0.5, 0.6) is 0 Å². The van der Waals surface area contributed by atoms with Crippen LogP contribution in [-0.2, 0) is 0 Å². The van der Waals surface area contributed by atoms with Crippen molar-refractivity contribution in [2.45, 2.75) is 26.3 Å². The molecule has 2 heterocycles. The number of hydrogen-bond donors (Lipinski definition) is 2. The van der Waals surface area contributed by atoms with Gasteiger partial charge in [-0.1, -0.05) is 42.5 Å². The third kappa shape index (κ3) is 4.08. The number of nitrogens with two attached hydrogens (primary N) is 1. The van der Waals surface area contributed by atoms with E-state index in [0.29, 0.717) is 11.3 Å². The number of carbonyl (C=O) groups excluding carboxylic acids is 1. The van der Waals surface area contributed by atoms with Crippen molar-refractivity contribution in [1.29, 1.82) is 0 Å². The summed E-state index contributed by atoms with van der Waals surface area (Å²) in [7, 11) is 0. The molecule has 3 N–H and O–H groups in total. The summed E-state index contributed by atoms with van der Waals surface area (Å²) in [4.78, 5) is 21.4. The van der Waals surface area contributed by atoms with Crippen LogP contribution in [0, 0.1) is 0 Å². The Kier molecular flexibility index (Phi) is 5.25. The van der Waals surface area contributed by atoms with E-state index >= 15 is 0 Å². The highest BCUT2D eigenvalue weighted by Crippen LogP contribution is 2.35. The number of fused-ring (bicyclic) bond motifs is 2. The van der Waals surface area contributed by atoms with Crippen molar-refractivity contribution in [3.8, 4) is 22.4 Å². The van der Waals surface area contributed by atoms with E-state index in [1.807, 2.05) is 75.6 Å². The summed E-state index contributed by atoms with van der Waals surface area (Å²) in [5.41, 5.74) is 11.5. The molecule has 34 heavy (non-hydrogen) atoms. The van der Waals surface area contributed by atoms with E-state index in [1.54, 1.807) is 6.07 Å². The Hall–Kier alpha value is -4.25. The van der Waals surface area contributed by atoms with Gasteiger partial charge in [0.1, 0.15) is 0 Å². The van der Waals surface area contributed by atoms with Crippen LogP contribution >= 0.6 is 0 Å². The number of pyridine rings is 2. The highest BCUT2D eigenvalue weighted by molar-refractivity contribution is 6.05. The van der Waals surface area contributed by atoms with Gasteiger partial charge in [-0.2, -0.15) is 0 Å². The van der Waals surface area contributed by atoms with E-state index in [4.69, 9.17) is 10.7 Å². The largest absolute Gasteiger partial charge is 0.380 e. The number of benzene rings is 3. The molecule has 0 aliphatic carbocycles. The Morgan fingerprint density at radius 1 is 0.853 bits per heavy atom. The fraction of sp³-hybridized carbons (Fsp3) is 0.138. The third-order valence-electron chi connectivity index (χ3n) is 5.78. The second kappa shape index (κ2) is 8.27. The number of carbonyl (C=O) groups is 1. The van der Waals surface area contributed by atoms with Crippen molar-refractivity contribution >= 4 is 33.3 Å². The Balaban J connectivity index is 1.67. The molecule has 1 amide bonds. The zero-order chi connectivity index (χ0) is 23.9. The molecule has 168 valence electrons. The van der Waals surface area contributed by atoms with Gasteiger partial charge in [0.2, 0.25) is 0 Å². The Morgan fingerprint density at radius 2 is 1.68 bits per heavy atom. The van der Waals surface area contributed by atoms with Gasteiger partial charge in [-0.3, -0.25) is 14.8 Å². The molecule has 0 saturated heterocycles. The molecule has 0 saturated carbocycles. The maximum Gasteiger partial charge on any atom is 0.250 e. The molecule has 0 fully saturated rings. The van der Waals surface area contributed by atoms with Gasteiger partial charge in [0.25, 0.3) is 5.91 Å². The summed E-state index contributed by atoms with van der Waals surface area (Å²) in [5.74, 6) is -0.463. The van der Waals surface area contributed by atoms with Crippen LogP contribution in [0.3, 0.4) is 0 Å². The molecule has 0 aliphatic rings. The standard InChI is InChI=1S/C29H26N4O/c1-29(2,3)33-26-16-19(11-12-24(26)28(30)34)27-23-9-6-8-21(22(23)13-14-31-27)20-15-18-7-4-5-10-25(18)32-17-20/h4-17,33H,1-3H3,(H2,30,34). The quantitative estimate of drug-likeness (QED) is 0.333. The Morgan fingerprint density at radius 3 is 2.47 bits per heavy atom. The van der Waals surface area contributed by atoms with Gasteiger partial charge in [0.15, 0.2) is 0 Å². The van der Waals surface area contributed by atoms with Crippen molar-refractivity contribution in [3.63, 3.8) is 0 Å². The first-order chi connectivity index (χ1) is 16.3. The first kappa shape index (κ1) is 21.6. The van der Waals surface area contributed by atoms with E-state index in [9.17, 15) is 4.79 Å². The molecule has 5 rings (SSSR count). The van der Waals surface area contributed by atoms with E-state index in [0.717, 1.165) is 44.1 Å². The van der Waals surface area contributed by atoms with Crippen molar-refractivity contribution in [2.75, 3.05) is 5.32 Å². The van der Waals surface area contributed by atoms with E-state index in [-0.39, 0.29) is 5.54 Å². The van der Waals surface area contributed by atoms with Crippen LogP contribution in [0.25, 0.3) is 44.1 Å². The Bertz CT molecular complexity index is 1550. The van der Waals surface area contributed by atoms with E-state index in [2.05, 4.69) is 34.6 Å². The number of para-hydroxylation sites is 1. The van der Waals surface area contributed by atoms with Crippen molar-refractivity contribution < 1.29 is 4.79 Å². The highest BCUT2D eigenvalue weighted by Gasteiger charge is 2.17. The molecule has 0 bridgehead atoms. The normalized spacial score (nSPS) is 11.6. The first-order valence-electron chi connectivity index (χ1n) is 11.3. The van der Waals surface area contributed by atoms with Crippen LogP contribution in [0.1, 0.15) is 31.1 Å². The summed E-state index contributed by atoms with van der Waals surface area (Å²) < 4.78 is 0. The summed E-state index contributed by atoms with van der Waals surface area (Å²) in [6, 6.07) is 24.2.